The molecule has 0 bridgehead atoms. The van der Waals surface area contributed by atoms with Gasteiger partial charge >= 0.3 is 0 Å². The smallest absolute Gasteiger partial charge is 0.0346 e. The van der Waals surface area contributed by atoms with E-state index in [2.05, 4.69) is 66.8 Å². The van der Waals surface area contributed by atoms with Gasteiger partial charge in [0.2, 0.25) is 0 Å². The van der Waals surface area contributed by atoms with E-state index in [-0.39, 0.29) is 0 Å². The zero-order chi connectivity index (χ0) is 11.2. The molecule has 0 heterocycles. The highest BCUT2D eigenvalue weighted by atomic mass is 14.3. The molecular formula is C17H12. The zero-order valence-corrected chi connectivity index (χ0v) is 9.43. The van der Waals surface area contributed by atoms with Crippen LogP contribution >= 0.6 is 0 Å². The Hall–Kier alpha value is -2.08. The first-order valence-corrected chi connectivity index (χ1v) is 6.01. The van der Waals surface area contributed by atoms with Gasteiger partial charge in [-0.05, 0) is 27.2 Å². The number of benzene rings is 1. The molecule has 80 valence electrons. The molecule has 0 nitrogen and oxygen atoms in total. The molecule has 0 saturated carbocycles. The topological polar surface area (TPSA) is 0 Å². The van der Waals surface area contributed by atoms with Gasteiger partial charge in [-0.3, -0.25) is 0 Å². The van der Waals surface area contributed by atoms with Crippen molar-refractivity contribution in [1.29, 1.82) is 0 Å². The molecular weight excluding hydrogens is 204 g/mol. The lowest BCUT2D eigenvalue weighted by atomic mass is 9.75. The van der Waals surface area contributed by atoms with Crippen LogP contribution in [0.5, 0.6) is 0 Å². The Morgan fingerprint density at radius 3 is 2.65 bits per heavy atom. The van der Waals surface area contributed by atoms with Gasteiger partial charge in [-0.1, -0.05) is 66.8 Å². The van der Waals surface area contributed by atoms with Crippen LogP contribution in [0.25, 0.3) is 11.6 Å². The summed E-state index contributed by atoms with van der Waals surface area (Å²) in [5.41, 5.74) is 4.26. The minimum atomic E-state index is 0.458. The average molecular weight is 216 g/mol. The van der Waals surface area contributed by atoms with E-state index in [9.17, 15) is 0 Å². The fraction of sp³-hybridized carbons (Fsp3) is 0.0588. The van der Waals surface area contributed by atoms with Gasteiger partial charge in [-0.2, -0.15) is 0 Å². The maximum atomic E-state index is 2.32. The summed E-state index contributed by atoms with van der Waals surface area (Å²) in [6.45, 7) is 0. The number of allylic oxidation sites excluding steroid dienone is 8. The minimum absolute atomic E-state index is 0.458. The van der Waals surface area contributed by atoms with Crippen LogP contribution in [-0.4, -0.2) is 0 Å². The van der Waals surface area contributed by atoms with Gasteiger partial charge in [0.25, 0.3) is 0 Å². The quantitative estimate of drug-likeness (QED) is 0.624. The van der Waals surface area contributed by atoms with Crippen molar-refractivity contribution < 1.29 is 0 Å². The zero-order valence-electron chi connectivity index (χ0n) is 9.43. The van der Waals surface area contributed by atoms with E-state index < -0.39 is 0 Å². The van der Waals surface area contributed by atoms with E-state index in [1.807, 2.05) is 0 Å². The van der Waals surface area contributed by atoms with E-state index in [1.165, 1.54) is 27.2 Å². The Kier molecular flexibility index (Phi) is 1.70. The number of fused-ring (bicyclic) bond motifs is 1. The van der Waals surface area contributed by atoms with Crippen molar-refractivity contribution in [2.24, 2.45) is 5.92 Å². The maximum absolute atomic E-state index is 2.32. The maximum Gasteiger partial charge on any atom is 0.0346 e. The molecule has 0 saturated heterocycles. The molecule has 1 aromatic carbocycles. The van der Waals surface area contributed by atoms with Crippen LogP contribution in [0.15, 0.2) is 71.9 Å². The molecule has 0 amide bonds. The Labute approximate surface area is 100 Å². The third kappa shape index (κ3) is 1.18. The van der Waals surface area contributed by atoms with Crippen molar-refractivity contribution in [1.82, 2.24) is 0 Å². The predicted molar refractivity (Wildman–Crippen MR) is 71.5 cm³/mol. The van der Waals surface area contributed by atoms with Crippen molar-refractivity contribution in [3.8, 4) is 0 Å². The summed E-state index contributed by atoms with van der Waals surface area (Å²) in [4.78, 5) is 0. The molecule has 0 fully saturated rings. The number of hydrogen-bond donors (Lipinski definition) is 0. The lowest BCUT2D eigenvalue weighted by molar-refractivity contribution is 0.957. The van der Waals surface area contributed by atoms with E-state index in [0.717, 1.165) is 0 Å². The second-order valence-electron chi connectivity index (χ2n) is 4.67. The second kappa shape index (κ2) is 3.21. The van der Waals surface area contributed by atoms with Crippen molar-refractivity contribution in [2.45, 2.75) is 0 Å². The average Bonchev–Trinajstić information content (AvgIpc) is 2.39. The summed E-state index contributed by atoms with van der Waals surface area (Å²) in [6, 6.07) is 8.66. The monoisotopic (exact) mass is 216 g/mol. The molecule has 0 heteroatoms. The molecule has 3 aliphatic carbocycles. The Morgan fingerprint density at radius 1 is 0.824 bits per heavy atom. The lowest BCUT2D eigenvalue weighted by Gasteiger charge is -2.28. The molecule has 0 aromatic heterocycles. The van der Waals surface area contributed by atoms with E-state index >= 15 is 0 Å². The molecule has 1 atom stereocenters. The molecule has 0 radical (unpaired) electrons. The van der Waals surface area contributed by atoms with E-state index in [4.69, 9.17) is 0 Å². The van der Waals surface area contributed by atoms with Gasteiger partial charge in [-0.25, -0.2) is 0 Å². The number of rotatable bonds is 0. The lowest BCUT2D eigenvalue weighted by Crippen LogP contribution is -2.34. The highest BCUT2D eigenvalue weighted by Gasteiger charge is 2.25. The summed E-state index contributed by atoms with van der Waals surface area (Å²) in [5, 5.41) is 2.72. The minimum Gasteiger partial charge on any atom is -0.0617 e. The third-order valence-corrected chi connectivity index (χ3v) is 3.71. The summed E-state index contributed by atoms with van der Waals surface area (Å²) in [6.07, 6.45) is 15.6. The highest BCUT2D eigenvalue weighted by Crippen LogP contribution is 2.37. The first kappa shape index (κ1) is 9.00. The van der Waals surface area contributed by atoms with Crippen LogP contribution in [0.3, 0.4) is 0 Å². The van der Waals surface area contributed by atoms with Crippen molar-refractivity contribution in [3.05, 3.63) is 82.3 Å². The van der Waals surface area contributed by atoms with Crippen molar-refractivity contribution in [3.63, 3.8) is 0 Å². The van der Waals surface area contributed by atoms with Crippen LogP contribution in [0.4, 0.5) is 0 Å². The standard InChI is InChI=1S/C17H12/c1-2-9-15-13(5-1)11-14-8-3-6-12-7-4-10-16(15)17(12)14/h1-11,17H. The van der Waals surface area contributed by atoms with Gasteiger partial charge in [0.05, 0.1) is 0 Å². The third-order valence-electron chi connectivity index (χ3n) is 3.71. The number of hydrogen-bond acceptors (Lipinski definition) is 0. The molecule has 3 aliphatic rings. The van der Waals surface area contributed by atoms with Crippen molar-refractivity contribution in [2.75, 3.05) is 0 Å². The Balaban J connectivity index is 2.19. The van der Waals surface area contributed by atoms with Gasteiger partial charge in [0, 0.05) is 5.92 Å². The molecule has 17 heavy (non-hydrogen) atoms. The van der Waals surface area contributed by atoms with Gasteiger partial charge in [-0.15, -0.1) is 0 Å². The molecule has 0 aliphatic heterocycles. The first-order chi connectivity index (χ1) is 8.43. The molecule has 0 N–H and O–H groups in total. The SMILES string of the molecule is C1=CC2=CC=CC3=c4ccccc4=CC(=C1)C23. The van der Waals surface area contributed by atoms with Gasteiger partial charge in [0.1, 0.15) is 0 Å². The van der Waals surface area contributed by atoms with Gasteiger partial charge in [0.15, 0.2) is 0 Å². The van der Waals surface area contributed by atoms with Crippen LogP contribution in [0.1, 0.15) is 0 Å². The van der Waals surface area contributed by atoms with Crippen LogP contribution < -0.4 is 10.4 Å². The van der Waals surface area contributed by atoms with Crippen molar-refractivity contribution >= 4 is 11.6 Å². The van der Waals surface area contributed by atoms with Crippen LogP contribution in [0.2, 0.25) is 0 Å². The molecule has 0 spiro atoms. The van der Waals surface area contributed by atoms with Gasteiger partial charge < -0.3 is 0 Å². The van der Waals surface area contributed by atoms with Crippen LogP contribution in [0, 0.1) is 5.92 Å². The van der Waals surface area contributed by atoms with E-state index in [0.29, 0.717) is 5.92 Å². The first-order valence-electron chi connectivity index (χ1n) is 6.01. The van der Waals surface area contributed by atoms with E-state index in [1.54, 1.807) is 0 Å². The summed E-state index contributed by atoms with van der Waals surface area (Å²) >= 11 is 0. The second-order valence-corrected chi connectivity index (χ2v) is 4.67. The molecule has 1 unspecified atom stereocenters. The normalized spacial score (nSPS) is 23.3. The van der Waals surface area contributed by atoms with Crippen LogP contribution in [-0.2, 0) is 0 Å². The predicted octanol–water partition coefficient (Wildman–Crippen LogP) is 2.24. The fourth-order valence-electron chi connectivity index (χ4n) is 2.97. The Bertz CT molecular complexity index is 736. The molecule has 1 aromatic rings. The summed E-state index contributed by atoms with van der Waals surface area (Å²) in [5.74, 6) is 0.458. The fourth-order valence-corrected chi connectivity index (χ4v) is 2.97. The summed E-state index contributed by atoms with van der Waals surface area (Å²) < 4.78 is 0. The highest BCUT2D eigenvalue weighted by molar-refractivity contribution is 5.79. The Morgan fingerprint density at radius 2 is 1.65 bits per heavy atom. The largest absolute Gasteiger partial charge is 0.0617 e. The summed E-state index contributed by atoms with van der Waals surface area (Å²) in [7, 11) is 0. The molecule has 4 rings (SSSR count).